The van der Waals surface area contributed by atoms with Gasteiger partial charge in [-0.15, -0.1) is 0 Å². The Morgan fingerprint density at radius 3 is 2.61 bits per heavy atom. The van der Waals surface area contributed by atoms with Crippen LogP contribution in [0.25, 0.3) is 0 Å². The first kappa shape index (κ1) is 27.2. The van der Waals surface area contributed by atoms with E-state index in [2.05, 4.69) is 10.6 Å². The van der Waals surface area contributed by atoms with E-state index >= 15 is 0 Å². The van der Waals surface area contributed by atoms with Crippen LogP contribution in [0, 0.1) is 17.8 Å². The summed E-state index contributed by atoms with van der Waals surface area (Å²) in [7, 11) is 1.38. The summed E-state index contributed by atoms with van der Waals surface area (Å²) in [5, 5.41) is 6.60. The molecule has 8 nitrogen and oxygen atoms in total. The molecule has 4 bridgehead atoms. The van der Waals surface area contributed by atoms with Gasteiger partial charge in [0.25, 0.3) is 5.91 Å². The molecule has 1 aliphatic heterocycles. The minimum Gasteiger partial charge on any atom is -0.477 e. The van der Waals surface area contributed by atoms with Crippen LogP contribution in [0.4, 0.5) is 8.78 Å². The Morgan fingerprint density at radius 1 is 1.21 bits per heavy atom. The molecule has 0 spiro atoms. The van der Waals surface area contributed by atoms with Gasteiger partial charge in [-0.05, 0) is 87.8 Å². The zero-order valence-electron chi connectivity index (χ0n) is 22.3. The number of nitrogens with zero attached hydrogens (tertiary/aromatic N) is 1. The van der Waals surface area contributed by atoms with Crippen molar-refractivity contribution in [3.8, 4) is 5.88 Å². The smallest absolute Gasteiger partial charge is 0.345 e. The monoisotopic (exact) mass is 535 g/mol. The zero-order valence-corrected chi connectivity index (χ0v) is 22.3. The van der Waals surface area contributed by atoms with Crippen molar-refractivity contribution >= 4 is 11.9 Å². The summed E-state index contributed by atoms with van der Waals surface area (Å²) >= 11 is 0. The molecule has 1 aromatic heterocycles. The first-order chi connectivity index (χ1) is 18.3. The Kier molecular flexibility index (Phi) is 7.91. The summed E-state index contributed by atoms with van der Waals surface area (Å²) in [4.78, 5) is 30.7. The molecule has 2 N–H and O–H groups in total. The van der Waals surface area contributed by atoms with Crippen LogP contribution in [-0.4, -0.2) is 61.9 Å². The highest BCUT2D eigenvalue weighted by atomic mass is 19.3. The maximum absolute atomic E-state index is 13.6. The van der Waals surface area contributed by atoms with Crippen molar-refractivity contribution in [2.75, 3.05) is 26.8 Å². The number of carbonyl (C=O) groups excluding carboxylic acids is 2. The van der Waals surface area contributed by atoms with Crippen molar-refractivity contribution in [3.63, 3.8) is 0 Å². The van der Waals surface area contributed by atoms with Gasteiger partial charge in [0, 0.05) is 18.0 Å². The predicted octanol–water partition coefficient (Wildman–Crippen LogP) is 3.97. The van der Waals surface area contributed by atoms with Gasteiger partial charge in [0.05, 0.1) is 31.4 Å². The second-order valence-electron chi connectivity index (χ2n) is 11.7. The fourth-order valence-corrected chi connectivity index (χ4v) is 7.74. The number of carbonyl (C=O) groups is 2. The van der Waals surface area contributed by atoms with Crippen molar-refractivity contribution < 1.29 is 32.6 Å². The van der Waals surface area contributed by atoms with Crippen LogP contribution in [0.2, 0.25) is 0 Å². The zero-order chi connectivity index (χ0) is 26.9. The van der Waals surface area contributed by atoms with Gasteiger partial charge in [-0.3, -0.25) is 9.59 Å². The predicted molar refractivity (Wildman–Crippen MR) is 135 cm³/mol. The maximum atomic E-state index is 13.6. The van der Waals surface area contributed by atoms with E-state index in [0.29, 0.717) is 49.6 Å². The Morgan fingerprint density at radius 2 is 1.97 bits per heavy atom. The van der Waals surface area contributed by atoms with Crippen molar-refractivity contribution in [2.24, 2.45) is 17.8 Å². The molecule has 1 saturated heterocycles. The molecule has 4 aliphatic carbocycles. The lowest BCUT2D eigenvalue weighted by Gasteiger charge is -2.59. The van der Waals surface area contributed by atoms with Gasteiger partial charge < -0.3 is 24.8 Å². The highest BCUT2D eigenvalue weighted by Crippen LogP contribution is 2.57. The molecule has 1 aromatic rings. The van der Waals surface area contributed by atoms with E-state index in [-0.39, 0.29) is 42.1 Å². The number of aromatic nitrogens is 1. The van der Waals surface area contributed by atoms with Gasteiger partial charge in [0.1, 0.15) is 5.56 Å². The number of hydrogen-bond acceptors (Lipinski definition) is 7. The van der Waals surface area contributed by atoms with Gasteiger partial charge in [-0.1, -0.05) is 6.92 Å². The summed E-state index contributed by atoms with van der Waals surface area (Å²) < 4.78 is 42.4. The minimum absolute atomic E-state index is 0.0830. The maximum Gasteiger partial charge on any atom is 0.345 e. The van der Waals surface area contributed by atoms with Crippen LogP contribution in [0.15, 0.2) is 12.1 Å². The Hall–Kier alpha value is -2.33. The van der Waals surface area contributed by atoms with E-state index in [9.17, 15) is 18.4 Å². The fourth-order valence-electron chi connectivity index (χ4n) is 7.74. The van der Waals surface area contributed by atoms with E-state index in [0.717, 1.165) is 38.6 Å². The number of methoxy groups -OCH3 is 1. The molecule has 38 heavy (non-hydrogen) atoms. The topological polar surface area (TPSA) is 98.8 Å². The van der Waals surface area contributed by atoms with E-state index < -0.39 is 17.6 Å². The number of esters is 1. The summed E-state index contributed by atoms with van der Waals surface area (Å²) in [5.41, 5.74) is -0.234. The largest absolute Gasteiger partial charge is 0.477 e. The number of pyridine rings is 1. The fraction of sp³-hybridized carbons (Fsp3) is 0.750. The number of halogens is 2. The molecule has 2 heterocycles. The Bertz CT molecular complexity index is 1010. The highest BCUT2D eigenvalue weighted by Gasteiger charge is 2.57. The molecule has 0 aromatic carbocycles. The van der Waals surface area contributed by atoms with Gasteiger partial charge >= 0.3 is 12.6 Å². The Labute approximate surface area is 222 Å². The molecule has 0 radical (unpaired) electrons. The molecule has 1 amide bonds. The second kappa shape index (κ2) is 11.0. The van der Waals surface area contributed by atoms with Crippen molar-refractivity contribution in [3.05, 3.63) is 23.4 Å². The number of ether oxygens (including phenoxy) is 3. The molecule has 210 valence electrons. The number of nitrogens with one attached hydrogen (secondary N) is 2. The van der Waals surface area contributed by atoms with Crippen molar-refractivity contribution in [2.45, 2.75) is 88.4 Å². The average Bonchev–Trinajstić information content (AvgIpc) is 2.88. The SMILES string of the molecule is CCCOc1nc([C@]2(CC(=O)OC)CCCNC2)ccc1C(=O)N[C@H]1C2CC3CC1C[C@@](OC(F)F)(C3)C2. The van der Waals surface area contributed by atoms with Gasteiger partial charge in [-0.25, -0.2) is 4.98 Å². The number of hydrogen-bond donors (Lipinski definition) is 2. The van der Waals surface area contributed by atoms with Gasteiger partial charge in [-0.2, -0.15) is 8.78 Å². The van der Waals surface area contributed by atoms with E-state index in [1.165, 1.54) is 7.11 Å². The van der Waals surface area contributed by atoms with Crippen molar-refractivity contribution in [1.29, 1.82) is 0 Å². The third-order valence-electron chi connectivity index (χ3n) is 9.13. The van der Waals surface area contributed by atoms with E-state index in [1.807, 2.05) is 13.0 Å². The van der Waals surface area contributed by atoms with E-state index in [4.69, 9.17) is 19.2 Å². The average molecular weight is 536 g/mol. The molecule has 3 atom stereocenters. The molecule has 2 unspecified atom stereocenters. The molecular formula is C28H39F2N3O5. The number of piperidine rings is 1. The standard InChI is InChI=1S/C28H39F2N3O5/c1-3-9-37-25-20(5-6-21(32-25)27(15-22(34)36-2)7-4-8-31-16-27)24(35)33-23-18-10-17-11-19(23)14-28(12-17,13-18)38-26(29)30/h5-6,17-19,23,26,31H,3-4,7-16H2,1-2H3,(H,33,35)/t17?,18?,19?,23-,27-,28+/m0/s1. The summed E-state index contributed by atoms with van der Waals surface area (Å²) in [6, 6.07) is 3.49. The van der Waals surface area contributed by atoms with Crippen LogP contribution in [0.3, 0.4) is 0 Å². The lowest BCUT2D eigenvalue weighted by Crippen LogP contribution is -2.62. The lowest BCUT2D eigenvalue weighted by molar-refractivity contribution is -0.260. The molecular weight excluding hydrogens is 496 g/mol. The molecule has 4 saturated carbocycles. The molecule has 6 rings (SSSR count). The second-order valence-corrected chi connectivity index (χ2v) is 11.7. The first-order valence-electron chi connectivity index (χ1n) is 13.9. The number of alkyl halides is 2. The quantitative estimate of drug-likeness (QED) is 0.438. The third kappa shape index (κ3) is 5.39. The summed E-state index contributed by atoms with van der Waals surface area (Å²) in [5.74, 6) is 0.307. The number of amides is 1. The molecule has 5 fully saturated rings. The molecule has 5 aliphatic rings. The summed E-state index contributed by atoms with van der Waals surface area (Å²) in [6.07, 6.45) is 6.26. The summed E-state index contributed by atoms with van der Waals surface area (Å²) in [6.45, 7) is 1.07. The first-order valence-corrected chi connectivity index (χ1v) is 13.9. The van der Waals surface area contributed by atoms with Crippen LogP contribution in [0.1, 0.15) is 80.8 Å². The molecule has 10 heteroatoms. The van der Waals surface area contributed by atoms with Gasteiger partial charge in [0.2, 0.25) is 5.88 Å². The van der Waals surface area contributed by atoms with E-state index in [1.54, 1.807) is 6.07 Å². The lowest BCUT2D eigenvalue weighted by atomic mass is 9.52. The van der Waals surface area contributed by atoms with Crippen LogP contribution < -0.4 is 15.4 Å². The van der Waals surface area contributed by atoms with Crippen molar-refractivity contribution in [1.82, 2.24) is 15.6 Å². The minimum atomic E-state index is -2.77. The van der Waals surface area contributed by atoms with Crippen LogP contribution in [-0.2, 0) is 19.7 Å². The Balaban J connectivity index is 1.37. The normalized spacial score (nSPS) is 33.8. The number of rotatable bonds is 10. The van der Waals surface area contributed by atoms with Crippen LogP contribution >= 0.6 is 0 Å². The highest BCUT2D eigenvalue weighted by molar-refractivity contribution is 5.96. The van der Waals surface area contributed by atoms with Gasteiger partial charge in [0.15, 0.2) is 0 Å². The third-order valence-corrected chi connectivity index (χ3v) is 9.13. The van der Waals surface area contributed by atoms with Crippen LogP contribution in [0.5, 0.6) is 5.88 Å².